The molecule has 0 saturated heterocycles. The smallest absolute Gasteiger partial charge is 0.123 e. The molecule has 2 nitrogen and oxygen atoms in total. The van der Waals surface area contributed by atoms with E-state index in [-0.39, 0.29) is 5.82 Å². The standard InChI is InChI=1S/C29H21FN2S/c30-24-16-14-23(15-17-24)28-21-33-29(31-28)20-13-22-11-18-27(19-12-22)32(25-7-3-1-4-8-25)26-9-5-2-6-10-26/h1-21H/b20-13+. The summed E-state index contributed by atoms with van der Waals surface area (Å²) in [6.45, 7) is 0. The van der Waals surface area contributed by atoms with Crippen LogP contribution in [0, 0.1) is 5.82 Å². The summed E-state index contributed by atoms with van der Waals surface area (Å²) in [5.74, 6) is -0.240. The van der Waals surface area contributed by atoms with Crippen molar-refractivity contribution in [3.63, 3.8) is 0 Å². The summed E-state index contributed by atoms with van der Waals surface area (Å²) < 4.78 is 13.2. The van der Waals surface area contributed by atoms with Crippen molar-refractivity contribution in [1.29, 1.82) is 0 Å². The second kappa shape index (κ2) is 9.63. The maximum Gasteiger partial charge on any atom is 0.123 e. The Labute approximate surface area is 196 Å². The first-order chi connectivity index (χ1) is 16.3. The Kier molecular flexibility index (Phi) is 6.09. The quantitative estimate of drug-likeness (QED) is 0.258. The molecule has 0 bridgehead atoms. The molecule has 33 heavy (non-hydrogen) atoms. The van der Waals surface area contributed by atoms with Gasteiger partial charge in [-0.15, -0.1) is 11.3 Å². The van der Waals surface area contributed by atoms with Crippen LogP contribution in [0.2, 0.25) is 0 Å². The van der Waals surface area contributed by atoms with Crippen molar-refractivity contribution >= 4 is 40.6 Å². The Hall–Kier alpha value is -4.02. The van der Waals surface area contributed by atoms with E-state index >= 15 is 0 Å². The molecular formula is C29H21FN2S. The number of thiazole rings is 1. The molecular weight excluding hydrogens is 427 g/mol. The van der Waals surface area contributed by atoms with Gasteiger partial charge in [-0.3, -0.25) is 0 Å². The molecule has 5 aromatic rings. The van der Waals surface area contributed by atoms with E-state index in [1.165, 1.54) is 12.1 Å². The first kappa shape index (κ1) is 20.9. The lowest BCUT2D eigenvalue weighted by Gasteiger charge is -2.25. The zero-order valence-electron chi connectivity index (χ0n) is 17.8. The van der Waals surface area contributed by atoms with Gasteiger partial charge in [0.15, 0.2) is 0 Å². The van der Waals surface area contributed by atoms with E-state index in [0.717, 1.165) is 38.9 Å². The Morgan fingerprint density at radius 2 is 1.21 bits per heavy atom. The molecule has 0 radical (unpaired) electrons. The van der Waals surface area contributed by atoms with Crippen molar-refractivity contribution in [3.8, 4) is 11.3 Å². The van der Waals surface area contributed by atoms with Gasteiger partial charge < -0.3 is 4.90 Å². The molecule has 0 atom stereocenters. The van der Waals surface area contributed by atoms with Gasteiger partial charge in [-0.25, -0.2) is 9.37 Å². The van der Waals surface area contributed by atoms with Gasteiger partial charge in [0.25, 0.3) is 0 Å². The van der Waals surface area contributed by atoms with E-state index in [2.05, 4.69) is 88.8 Å². The van der Waals surface area contributed by atoms with E-state index in [9.17, 15) is 4.39 Å². The molecule has 0 spiro atoms. The van der Waals surface area contributed by atoms with Gasteiger partial charge in [0, 0.05) is 28.0 Å². The summed E-state index contributed by atoms with van der Waals surface area (Å²) in [5, 5.41) is 2.90. The van der Waals surface area contributed by atoms with Crippen LogP contribution < -0.4 is 4.90 Å². The number of rotatable bonds is 6. The van der Waals surface area contributed by atoms with Crippen molar-refractivity contribution in [2.24, 2.45) is 0 Å². The Balaban J connectivity index is 1.37. The van der Waals surface area contributed by atoms with Gasteiger partial charge in [-0.1, -0.05) is 54.6 Å². The molecule has 0 saturated carbocycles. The minimum absolute atomic E-state index is 0.240. The Morgan fingerprint density at radius 1 is 0.636 bits per heavy atom. The predicted octanol–water partition coefficient (Wildman–Crippen LogP) is 8.59. The van der Waals surface area contributed by atoms with E-state index in [0.29, 0.717) is 0 Å². The third-order valence-electron chi connectivity index (χ3n) is 5.26. The highest BCUT2D eigenvalue weighted by molar-refractivity contribution is 7.10. The number of para-hydroxylation sites is 2. The number of anilines is 3. The highest BCUT2D eigenvalue weighted by atomic mass is 32.1. The average molecular weight is 449 g/mol. The highest BCUT2D eigenvalue weighted by Gasteiger charge is 2.11. The summed E-state index contributed by atoms with van der Waals surface area (Å²) in [6, 6.07) is 35.6. The lowest BCUT2D eigenvalue weighted by Crippen LogP contribution is -2.09. The molecule has 1 heterocycles. The van der Waals surface area contributed by atoms with Gasteiger partial charge in [0.1, 0.15) is 10.8 Å². The second-order valence-corrected chi connectivity index (χ2v) is 8.40. The van der Waals surface area contributed by atoms with Crippen LogP contribution in [0.15, 0.2) is 115 Å². The Bertz CT molecular complexity index is 1300. The lowest BCUT2D eigenvalue weighted by molar-refractivity contribution is 0.628. The molecule has 0 fully saturated rings. The minimum Gasteiger partial charge on any atom is -0.311 e. The monoisotopic (exact) mass is 448 g/mol. The fourth-order valence-electron chi connectivity index (χ4n) is 3.62. The van der Waals surface area contributed by atoms with Crippen molar-refractivity contribution in [3.05, 3.63) is 131 Å². The number of hydrogen-bond acceptors (Lipinski definition) is 3. The molecule has 0 N–H and O–H groups in total. The average Bonchev–Trinajstić information content (AvgIpc) is 3.35. The fraction of sp³-hybridized carbons (Fsp3) is 0. The van der Waals surface area contributed by atoms with Gasteiger partial charge in [-0.05, 0) is 72.3 Å². The first-order valence-electron chi connectivity index (χ1n) is 10.7. The molecule has 4 aromatic carbocycles. The zero-order chi connectivity index (χ0) is 22.5. The molecule has 0 aliphatic rings. The SMILES string of the molecule is Fc1ccc(-c2csc(/C=C/c3ccc(N(c4ccccc4)c4ccccc4)cc3)n2)cc1. The van der Waals surface area contributed by atoms with Gasteiger partial charge in [-0.2, -0.15) is 0 Å². The zero-order valence-corrected chi connectivity index (χ0v) is 18.6. The Morgan fingerprint density at radius 3 is 1.82 bits per heavy atom. The third-order valence-corrected chi connectivity index (χ3v) is 6.07. The number of aromatic nitrogens is 1. The number of halogens is 1. The van der Waals surface area contributed by atoms with Crippen LogP contribution >= 0.6 is 11.3 Å². The lowest BCUT2D eigenvalue weighted by atomic mass is 10.1. The largest absolute Gasteiger partial charge is 0.311 e. The normalized spacial score (nSPS) is 11.1. The van der Waals surface area contributed by atoms with Crippen LogP contribution in [0.5, 0.6) is 0 Å². The van der Waals surface area contributed by atoms with Crippen LogP contribution in [0.3, 0.4) is 0 Å². The first-order valence-corrected chi connectivity index (χ1v) is 11.5. The summed E-state index contributed by atoms with van der Waals surface area (Å²) >= 11 is 1.57. The van der Waals surface area contributed by atoms with E-state index in [1.807, 2.05) is 23.6 Å². The fourth-order valence-corrected chi connectivity index (χ4v) is 4.34. The number of benzene rings is 4. The van der Waals surface area contributed by atoms with E-state index in [1.54, 1.807) is 23.5 Å². The van der Waals surface area contributed by atoms with Gasteiger partial charge in [0.05, 0.1) is 5.69 Å². The van der Waals surface area contributed by atoms with Crippen LogP contribution in [-0.4, -0.2) is 4.98 Å². The number of nitrogens with zero attached hydrogens (tertiary/aromatic N) is 2. The molecule has 0 amide bonds. The number of hydrogen-bond donors (Lipinski definition) is 0. The molecule has 0 unspecified atom stereocenters. The van der Waals surface area contributed by atoms with Crippen molar-refractivity contribution in [1.82, 2.24) is 4.98 Å². The van der Waals surface area contributed by atoms with E-state index in [4.69, 9.17) is 0 Å². The maximum atomic E-state index is 13.2. The van der Waals surface area contributed by atoms with Gasteiger partial charge >= 0.3 is 0 Å². The third kappa shape index (κ3) is 4.92. The highest BCUT2D eigenvalue weighted by Crippen LogP contribution is 2.34. The molecule has 1 aromatic heterocycles. The second-order valence-electron chi connectivity index (χ2n) is 7.51. The molecule has 160 valence electrons. The van der Waals surface area contributed by atoms with Crippen molar-refractivity contribution < 1.29 is 4.39 Å². The minimum atomic E-state index is -0.240. The molecule has 5 rings (SSSR count). The predicted molar refractivity (Wildman–Crippen MR) is 138 cm³/mol. The van der Waals surface area contributed by atoms with Crippen LogP contribution in [0.1, 0.15) is 10.6 Å². The van der Waals surface area contributed by atoms with E-state index < -0.39 is 0 Å². The summed E-state index contributed by atoms with van der Waals surface area (Å²) in [7, 11) is 0. The molecule has 0 aliphatic heterocycles. The topological polar surface area (TPSA) is 16.1 Å². The van der Waals surface area contributed by atoms with Crippen LogP contribution in [-0.2, 0) is 0 Å². The van der Waals surface area contributed by atoms with Crippen molar-refractivity contribution in [2.75, 3.05) is 4.90 Å². The maximum absolute atomic E-state index is 13.2. The van der Waals surface area contributed by atoms with Gasteiger partial charge in [0.2, 0.25) is 0 Å². The van der Waals surface area contributed by atoms with Crippen LogP contribution in [0.4, 0.5) is 21.5 Å². The summed E-state index contributed by atoms with van der Waals surface area (Å²) in [5.41, 5.74) is 6.19. The van der Waals surface area contributed by atoms with Crippen LogP contribution in [0.25, 0.3) is 23.4 Å². The molecule has 4 heteroatoms. The van der Waals surface area contributed by atoms with Crippen molar-refractivity contribution in [2.45, 2.75) is 0 Å². The summed E-state index contributed by atoms with van der Waals surface area (Å²) in [4.78, 5) is 6.89. The molecule has 0 aliphatic carbocycles. The summed E-state index contributed by atoms with van der Waals surface area (Å²) in [6.07, 6.45) is 4.07.